The van der Waals surface area contributed by atoms with E-state index in [4.69, 9.17) is 14.2 Å². The molecule has 0 heterocycles. The second-order valence-electron chi connectivity index (χ2n) is 5.22. The Morgan fingerprint density at radius 1 is 1.28 bits per heavy atom. The zero-order chi connectivity index (χ0) is 19.0. The zero-order valence-corrected chi connectivity index (χ0v) is 15.9. The molecule has 0 bridgehead atoms. The van der Waals surface area contributed by atoms with E-state index in [2.05, 4.69) is 5.10 Å². The lowest BCUT2D eigenvalue weighted by molar-refractivity contribution is -0.142. The van der Waals surface area contributed by atoms with Crippen molar-refractivity contribution in [1.29, 1.82) is 0 Å². The van der Waals surface area contributed by atoms with Crippen LogP contribution in [0.25, 0.3) is 0 Å². The van der Waals surface area contributed by atoms with Gasteiger partial charge in [-0.15, -0.1) is 0 Å². The first-order valence-electron chi connectivity index (χ1n) is 7.62. The van der Waals surface area contributed by atoms with Gasteiger partial charge < -0.3 is 14.2 Å². The normalized spacial score (nSPS) is 12.7. The molecule has 9 heteroatoms. The van der Waals surface area contributed by atoms with Gasteiger partial charge in [0, 0.05) is 6.92 Å². The van der Waals surface area contributed by atoms with Crippen molar-refractivity contribution in [2.24, 2.45) is 5.10 Å². The van der Waals surface area contributed by atoms with Crippen LogP contribution in [0.2, 0.25) is 0 Å². The number of hydrazone groups is 1. The van der Waals surface area contributed by atoms with Gasteiger partial charge in [-0.1, -0.05) is 13.0 Å². The molecule has 1 atom stereocenters. The van der Waals surface area contributed by atoms with E-state index < -0.39 is 22.0 Å². The molecule has 0 aliphatic rings. The third kappa shape index (κ3) is 5.93. The fourth-order valence-electron chi connectivity index (χ4n) is 2.12. The molecule has 140 valence electrons. The summed E-state index contributed by atoms with van der Waals surface area (Å²) in [6.45, 7) is 2.96. The fraction of sp³-hybridized carbons (Fsp3) is 0.500. The minimum atomic E-state index is -3.67. The molecule has 8 nitrogen and oxygen atoms in total. The molecular weight excluding hydrogens is 348 g/mol. The van der Waals surface area contributed by atoms with Gasteiger partial charge in [-0.3, -0.25) is 4.79 Å². The molecule has 25 heavy (non-hydrogen) atoms. The van der Waals surface area contributed by atoms with E-state index in [0.717, 1.165) is 10.7 Å². The highest BCUT2D eigenvalue weighted by Crippen LogP contribution is 2.26. The van der Waals surface area contributed by atoms with E-state index in [0.29, 0.717) is 23.5 Å². The minimum Gasteiger partial charge on any atom is -0.496 e. The van der Waals surface area contributed by atoms with Gasteiger partial charge in [0.05, 0.1) is 38.3 Å². The number of hydrogen-bond acceptors (Lipinski definition) is 7. The first-order chi connectivity index (χ1) is 11.7. The molecule has 0 radical (unpaired) electrons. The van der Waals surface area contributed by atoms with Crippen LogP contribution in [0.15, 0.2) is 23.3 Å². The van der Waals surface area contributed by atoms with Crippen LogP contribution in [0.3, 0.4) is 0 Å². The molecule has 0 N–H and O–H groups in total. The summed E-state index contributed by atoms with van der Waals surface area (Å²) in [5, 5.41) is 4.10. The molecule has 0 fully saturated rings. The molecule has 1 aromatic rings. The smallest absolute Gasteiger partial charge is 0.302 e. The predicted molar refractivity (Wildman–Crippen MR) is 94.5 cm³/mol. The maximum atomic E-state index is 12.1. The number of benzene rings is 1. The number of carbonyl (C=O) groups is 1. The van der Waals surface area contributed by atoms with Crippen LogP contribution in [0.5, 0.6) is 11.5 Å². The maximum Gasteiger partial charge on any atom is 0.302 e. The Labute approximate surface area is 148 Å². The number of ether oxygens (including phenoxy) is 3. The van der Waals surface area contributed by atoms with Crippen LogP contribution in [-0.2, 0) is 19.6 Å². The summed E-state index contributed by atoms with van der Waals surface area (Å²) in [6, 6.07) is 4.56. The van der Waals surface area contributed by atoms with Gasteiger partial charge in [-0.2, -0.15) is 9.52 Å². The van der Waals surface area contributed by atoms with E-state index in [1.54, 1.807) is 25.1 Å². The van der Waals surface area contributed by atoms with E-state index in [9.17, 15) is 13.2 Å². The quantitative estimate of drug-likeness (QED) is 0.372. The summed E-state index contributed by atoms with van der Waals surface area (Å²) >= 11 is 0. The Balaban J connectivity index is 3.23. The van der Waals surface area contributed by atoms with E-state index in [1.165, 1.54) is 27.4 Å². The number of carbonyl (C=O) groups excluding carboxylic acids is 1. The van der Waals surface area contributed by atoms with Gasteiger partial charge in [0.15, 0.2) is 0 Å². The predicted octanol–water partition coefficient (Wildman–Crippen LogP) is 1.64. The Hall–Kier alpha value is -2.29. The molecular formula is C16H24N2O6S. The number of methoxy groups -OCH3 is 2. The van der Waals surface area contributed by atoms with Gasteiger partial charge >= 0.3 is 5.97 Å². The lowest BCUT2D eigenvalue weighted by Gasteiger charge is -2.25. The zero-order valence-electron chi connectivity index (χ0n) is 15.1. The highest BCUT2D eigenvalue weighted by molar-refractivity contribution is 7.88. The largest absolute Gasteiger partial charge is 0.496 e. The Morgan fingerprint density at radius 3 is 2.24 bits per heavy atom. The van der Waals surface area contributed by atoms with Crippen molar-refractivity contribution in [2.75, 3.05) is 27.1 Å². The van der Waals surface area contributed by atoms with Gasteiger partial charge in [-0.05, 0) is 18.6 Å². The molecule has 1 rings (SSSR count). The second-order valence-corrected chi connectivity index (χ2v) is 7.06. The van der Waals surface area contributed by atoms with Crippen molar-refractivity contribution < 1.29 is 27.4 Å². The summed E-state index contributed by atoms with van der Waals surface area (Å²) in [7, 11) is -0.679. The second kappa shape index (κ2) is 9.26. The minimum absolute atomic E-state index is 0.0840. The van der Waals surface area contributed by atoms with Crippen LogP contribution >= 0.6 is 0 Å². The number of hydrogen-bond donors (Lipinski definition) is 0. The van der Waals surface area contributed by atoms with Crippen molar-refractivity contribution in [1.82, 2.24) is 4.41 Å². The topological polar surface area (TPSA) is 94.5 Å². The first-order valence-corrected chi connectivity index (χ1v) is 9.47. The molecule has 0 aliphatic heterocycles. The van der Waals surface area contributed by atoms with Gasteiger partial charge in [-0.25, -0.2) is 8.42 Å². The average molecular weight is 372 g/mol. The SMILES string of the molecule is CCC(COC(C)=O)N(/N=C/c1c(OC)cccc1OC)S(C)(=O)=O. The molecule has 1 unspecified atom stereocenters. The first kappa shape index (κ1) is 20.8. The maximum absolute atomic E-state index is 12.1. The molecule has 0 spiro atoms. The third-order valence-electron chi connectivity index (χ3n) is 3.37. The van der Waals surface area contributed by atoms with Crippen molar-refractivity contribution in [2.45, 2.75) is 26.3 Å². The van der Waals surface area contributed by atoms with E-state index >= 15 is 0 Å². The van der Waals surface area contributed by atoms with Crippen LogP contribution in [0.4, 0.5) is 0 Å². The summed E-state index contributed by atoms with van der Waals surface area (Å²) in [4.78, 5) is 11.0. The van der Waals surface area contributed by atoms with Gasteiger partial charge in [0.1, 0.15) is 18.1 Å². The Morgan fingerprint density at radius 2 is 1.84 bits per heavy atom. The van der Waals surface area contributed by atoms with Crippen molar-refractivity contribution in [3.8, 4) is 11.5 Å². The van der Waals surface area contributed by atoms with Gasteiger partial charge in [0.25, 0.3) is 0 Å². The molecule has 0 amide bonds. The molecule has 0 aliphatic carbocycles. The van der Waals surface area contributed by atoms with Crippen LogP contribution in [0, 0.1) is 0 Å². The lowest BCUT2D eigenvalue weighted by Crippen LogP contribution is -2.38. The van der Waals surface area contributed by atoms with Crippen LogP contribution in [0.1, 0.15) is 25.8 Å². The summed E-state index contributed by atoms with van der Waals surface area (Å²) < 4.78 is 40.6. The third-order valence-corrected chi connectivity index (χ3v) is 4.44. The summed E-state index contributed by atoms with van der Waals surface area (Å²) in [5.74, 6) is 0.497. The summed E-state index contributed by atoms with van der Waals surface area (Å²) in [5.41, 5.74) is 0.503. The van der Waals surface area contributed by atoms with Crippen molar-refractivity contribution in [3.05, 3.63) is 23.8 Å². The molecule has 0 aromatic heterocycles. The number of rotatable bonds is 9. The van der Waals surface area contributed by atoms with Crippen molar-refractivity contribution in [3.63, 3.8) is 0 Å². The lowest BCUT2D eigenvalue weighted by atomic mass is 10.2. The number of sulfonamides is 1. The monoisotopic (exact) mass is 372 g/mol. The molecule has 1 aromatic carbocycles. The molecule has 0 saturated carbocycles. The van der Waals surface area contributed by atoms with E-state index in [-0.39, 0.29) is 6.61 Å². The molecule has 0 saturated heterocycles. The average Bonchev–Trinajstić information content (AvgIpc) is 2.56. The highest BCUT2D eigenvalue weighted by Gasteiger charge is 2.25. The fourth-order valence-corrected chi connectivity index (χ4v) is 3.09. The Bertz CT molecular complexity index is 695. The van der Waals surface area contributed by atoms with Crippen LogP contribution in [-0.4, -0.2) is 58.1 Å². The summed E-state index contributed by atoms with van der Waals surface area (Å²) in [6.07, 6.45) is 2.82. The van der Waals surface area contributed by atoms with Crippen molar-refractivity contribution >= 4 is 22.2 Å². The standard InChI is InChI=1S/C16H24N2O6S/c1-6-13(11-24-12(2)19)18(25(5,20)21)17-10-14-15(22-3)8-7-9-16(14)23-4/h7-10,13H,6,11H2,1-5H3/b17-10+. The number of esters is 1. The highest BCUT2D eigenvalue weighted by atomic mass is 32.2. The van der Waals surface area contributed by atoms with Crippen LogP contribution < -0.4 is 9.47 Å². The Kier molecular flexibility index (Phi) is 7.69. The number of nitrogens with zero attached hydrogens (tertiary/aromatic N) is 2. The van der Waals surface area contributed by atoms with E-state index in [1.807, 2.05) is 0 Å². The van der Waals surface area contributed by atoms with Gasteiger partial charge in [0.2, 0.25) is 10.0 Å².